The molecule has 0 saturated heterocycles. The molecule has 84 valence electrons. The van der Waals surface area contributed by atoms with Gasteiger partial charge >= 0.3 is 6.98 Å². The highest BCUT2D eigenvalue weighted by molar-refractivity contribution is 6.74. The van der Waals surface area contributed by atoms with E-state index in [0.29, 0.717) is 6.61 Å². The fourth-order valence-corrected chi connectivity index (χ4v) is 1.21. The topological polar surface area (TPSA) is 9.23 Å². The van der Waals surface area contributed by atoms with E-state index < -0.39 is 12.4 Å². The van der Waals surface area contributed by atoms with Crippen molar-refractivity contribution in [1.29, 1.82) is 0 Å². The highest BCUT2D eigenvalue weighted by Crippen LogP contribution is 2.17. The average Bonchev–Trinajstić information content (AvgIpc) is 2.17. The summed E-state index contributed by atoms with van der Waals surface area (Å²) < 4.78 is 42.7. The summed E-state index contributed by atoms with van der Waals surface area (Å²) in [4.78, 5) is 0. The van der Waals surface area contributed by atoms with Crippen LogP contribution in [-0.4, -0.2) is 13.6 Å². The van der Waals surface area contributed by atoms with Crippen LogP contribution in [0.25, 0.3) is 0 Å². The van der Waals surface area contributed by atoms with Crippen molar-refractivity contribution in [3.63, 3.8) is 0 Å². The summed E-state index contributed by atoms with van der Waals surface area (Å²) in [7, 11) is 0. The summed E-state index contributed by atoms with van der Waals surface area (Å²) in [6.07, 6.45) is 1.67. The van der Waals surface area contributed by atoms with Crippen molar-refractivity contribution in [2.24, 2.45) is 0 Å². The number of hydrogen-bond donors (Lipinski definition) is 0. The zero-order valence-corrected chi connectivity index (χ0v) is 8.55. The lowest BCUT2D eigenvalue weighted by atomic mass is 9.79. The predicted molar refractivity (Wildman–Crippen MR) is 55.6 cm³/mol. The molecule has 1 aromatic rings. The largest absolute Gasteiger partial charge is 0.513 e. The monoisotopic (exact) mass is 217 g/mol. The molecule has 15 heavy (non-hydrogen) atoms. The minimum Gasteiger partial charge on any atom is -0.497 e. The fourth-order valence-electron chi connectivity index (χ4n) is 1.21. The van der Waals surface area contributed by atoms with Crippen molar-refractivity contribution in [2.75, 3.05) is 6.61 Å². The first kappa shape index (κ1) is 11.9. The van der Waals surface area contributed by atoms with Crippen LogP contribution < -0.4 is 10.2 Å². The molecule has 0 saturated carbocycles. The van der Waals surface area contributed by atoms with E-state index in [1.807, 2.05) is 6.92 Å². The Morgan fingerprint density at radius 2 is 1.87 bits per heavy atom. The summed E-state index contributed by atoms with van der Waals surface area (Å²) in [5, 5.41) is 0. The number of hydrogen-bond acceptors (Lipinski definition) is 1. The zero-order chi connectivity index (χ0) is 11.3. The van der Waals surface area contributed by atoms with Crippen LogP contribution in [-0.2, 0) is 0 Å². The number of halogens is 3. The van der Waals surface area contributed by atoms with E-state index >= 15 is 0 Å². The van der Waals surface area contributed by atoms with Crippen molar-refractivity contribution in [3.8, 4) is 5.75 Å². The molecule has 0 amide bonds. The second-order valence-corrected chi connectivity index (χ2v) is 3.31. The maximum absolute atomic E-state index is 12.5. The molecule has 0 radical (unpaired) electrons. The third kappa shape index (κ3) is 3.49. The lowest BCUT2D eigenvalue weighted by molar-refractivity contribution is 0.310. The minimum atomic E-state index is -4.98. The highest BCUT2D eigenvalue weighted by atomic mass is 19.4. The number of benzene rings is 1. The van der Waals surface area contributed by atoms with Crippen molar-refractivity contribution in [2.45, 2.75) is 19.8 Å². The Labute approximate surface area is 87.3 Å². The maximum atomic E-state index is 12.5. The molecule has 0 atom stereocenters. The molecular weight excluding hydrogens is 204 g/mol. The number of ether oxygens (including phenoxy) is 1. The summed E-state index contributed by atoms with van der Waals surface area (Å²) in [6, 6.07) is 5.34. The number of rotatable bonds is 5. The van der Waals surface area contributed by atoms with E-state index in [1.54, 1.807) is 6.07 Å². The lowest BCUT2D eigenvalue weighted by Crippen LogP contribution is -2.35. The highest BCUT2D eigenvalue weighted by Gasteiger charge is 2.28. The smallest absolute Gasteiger partial charge is 0.497 e. The third-order valence-electron chi connectivity index (χ3n) is 2.03. The molecule has 0 aliphatic heterocycles. The van der Waals surface area contributed by atoms with Gasteiger partial charge in [-0.2, -0.15) is 0 Å². The molecule has 5 heteroatoms. The summed E-state index contributed by atoms with van der Waals surface area (Å²) in [5.41, 5.74) is -0.645. The molecule has 0 bridgehead atoms. The second kappa shape index (κ2) is 5.10. The molecule has 0 aromatic heterocycles. The Bertz CT molecular complexity index is 312. The first-order chi connectivity index (χ1) is 7.05. The normalized spacial score (nSPS) is 11.5. The van der Waals surface area contributed by atoms with Crippen LogP contribution in [0.15, 0.2) is 24.3 Å². The van der Waals surface area contributed by atoms with Gasteiger partial charge in [-0.05, 0) is 12.5 Å². The molecule has 1 nitrogen and oxygen atoms in total. The molecule has 1 aromatic carbocycles. The van der Waals surface area contributed by atoms with Gasteiger partial charge in [0.2, 0.25) is 0 Å². The SMILES string of the molecule is CCCCOc1ccccc1[B-](F)(F)F. The number of para-hydroxylation sites is 1. The van der Waals surface area contributed by atoms with E-state index in [0.717, 1.165) is 18.9 Å². The van der Waals surface area contributed by atoms with E-state index in [2.05, 4.69) is 0 Å². The Kier molecular flexibility index (Phi) is 4.06. The van der Waals surface area contributed by atoms with Crippen LogP contribution in [0, 0.1) is 0 Å². The second-order valence-electron chi connectivity index (χ2n) is 3.31. The summed E-state index contributed by atoms with van der Waals surface area (Å²) in [5.74, 6) is -0.0570. The van der Waals surface area contributed by atoms with Crippen LogP contribution in [0.5, 0.6) is 5.75 Å². The van der Waals surface area contributed by atoms with Crippen LogP contribution >= 0.6 is 0 Å². The molecule has 0 fully saturated rings. The molecule has 0 spiro atoms. The quantitative estimate of drug-likeness (QED) is 0.544. The summed E-state index contributed by atoms with van der Waals surface area (Å²) >= 11 is 0. The van der Waals surface area contributed by atoms with E-state index in [9.17, 15) is 12.9 Å². The standard InChI is InChI=1S/C10H13BF3O/c1-2-3-8-15-10-7-5-4-6-9(10)11(12,13)14/h4-7H,2-3,8H2,1H3/q-1. The molecule has 0 aliphatic carbocycles. The Morgan fingerprint density at radius 3 is 2.47 bits per heavy atom. The Balaban J connectivity index is 2.78. The molecule has 1 rings (SSSR count). The maximum Gasteiger partial charge on any atom is 0.513 e. The van der Waals surface area contributed by atoms with Crippen molar-refractivity contribution in [1.82, 2.24) is 0 Å². The van der Waals surface area contributed by atoms with Crippen LogP contribution in [0.4, 0.5) is 12.9 Å². The van der Waals surface area contributed by atoms with Gasteiger partial charge in [-0.1, -0.05) is 37.0 Å². The zero-order valence-electron chi connectivity index (χ0n) is 8.55. The van der Waals surface area contributed by atoms with Crippen molar-refractivity contribution >= 4 is 12.4 Å². The molecule has 0 aliphatic rings. The van der Waals surface area contributed by atoms with E-state index in [1.165, 1.54) is 12.1 Å². The van der Waals surface area contributed by atoms with Gasteiger partial charge in [-0.15, -0.1) is 0 Å². The van der Waals surface area contributed by atoms with Gasteiger partial charge in [-0.3, -0.25) is 0 Å². The van der Waals surface area contributed by atoms with Crippen molar-refractivity contribution in [3.05, 3.63) is 24.3 Å². The van der Waals surface area contributed by atoms with E-state index in [4.69, 9.17) is 4.74 Å². The summed E-state index contributed by atoms with van der Waals surface area (Å²) in [6.45, 7) is -2.69. The molecule has 0 N–H and O–H groups in total. The predicted octanol–water partition coefficient (Wildman–Crippen LogP) is 2.92. The molecule has 0 unspecified atom stereocenters. The Hall–Kier alpha value is -1.13. The van der Waals surface area contributed by atoms with Gasteiger partial charge in [0.25, 0.3) is 0 Å². The van der Waals surface area contributed by atoms with Crippen LogP contribution in [0.2, 0.25) is 0 Å². The first-order valence-electron chi connectivity index (χ1n) is 4.97. The van der Waals surface area contributed by atoms with Gasteiger partial charge in [0.05, 0.1) is 12.4 Å². The fraction of sp³-hybridized carbons (Fsp3) is 0.400. The van der Waals surface area contributed by atoms with Gasteiger partial charge < -0.3 is 17.7 Å². The average molecular weight is 217 g/mol. The van der Waals surface area contributed by atoms with Crippen LogP contribution in [0.1, 0.15) is 19.8 Å². The third-order valence-corrected chi connectivity index (χ3v) is 2.03. The first-order valence-corrected chi connectivity index (χ1v) is 4.97. The Morgan fingerprint density at radius 1 is 1.20 bits per heavy atom. The van der Waals surface area contributed by atoms with Gasteiger partial charge in [-0.25, -0.2) is 0 Å². The van der Waals surface area contributed by atoms with Gasteiger partial charge in [0, 0.05) is 0 Å². The van der Waals surface area contributed by atoms with Crippen LogP contribution in [0.3, 0.4) is 0 Å². The lowest BCUT2D eigenvalue weighted by Gasteiger charge is -2.19. The van der Waals surface area contributed by atoms with Gasteiger partial charge in [0.1, 0.15) is 0 Å². The molecule has 0 heterocycles. The minimum absolute atomic E-state index is 0.0570. The number of unbranched alkanes of at least 4 members (excludes halogenated alkanes) is 1. The molecular formula is C10H13BF3O-. The van der Waals surface area contributed by atoms with E-state index in [-0.39, 0.29) is 5.75 Å². The van der Waals surface area contributed by atoms with Crippen molar-refractivity contribution < 1.29 is 17.7 Å². The van der Waals surface area contributed by atoms with Gasteiger partial charge in [0.15, 0.2) is 0 Å².